The van der Waals surface area contributed by atoms with Crippen LogP contribution in [0, 0.1) is 0 Å². The topological polar surface area (TPSA) is 85.1 Å². The summed E-state index contributed by atoms with van der Waals surface area (Å²) >= 11 is 4.77. The highest BCUT2D eigenvalue weighted by molar-refractivity contribution is 9.10. The number of halogens is 1. The van der Waals surface area contributed by atoms with Crippen LogP contribution in [0.15, 0.2) is 106 Å². The van der Waals surface area contributed by atoms with Gasteiger partial charge in [-0.2, -0.15) is 5.10 Å². The maximum atomic E-state index is 12.7. The zero-order valence-electron chi connectivity index (χ0n) is 19.3. The Labute approximate surface area is 220 Å². The number of carbonyl (C=O) groups is 1. The number of hydrazone groups is 1. The van der Waals surface area contributed by atoms with Crippen molar-refractivity contribution in [3.8, 4) is 17.1 Å². The van der Waals surface area contributed by atoms with Crippen molar-refractivity contribution >= 4 is 50.1 Å². The zero-order valence-corrected chi connectivity index (χ0v) is 21.7. The number of fused-ring (bicyclic) bond motifs is 1. The van der Waals surface area contributed by atoms with E-state index in [2.05, 4.69) is 59.8 Å². The van der Waals surface area contributed by atoms with E-state index in [4.69, 9.17) is 0 Å². The number of benzene rings is 3. The van der Waals surface area contributed by atoms with Crippen molar-refractivity contribution < 1.29 is 4.79 Å². The Morgan fingerprint density at radius 2 is 1.81 bits per heavy atom. The smallest absolute Gasteiger partial charge is 0.250 e. The minimum atomic E-state index is -0.229. The molecule has 0 atom stereocenters. The van der Waals surface area contributed by atoms with E-state index in [-0.39, 0.29) is 11.7 Å². The van der Waals surface area contributed by atoms with Gasteiger partial charge in [0.05, 0.1) is 11.5 Å². The lowest BCUT2D eigenvalue weighted by Crippen LogP contribution is -2.21. The number of hydrogen-bond acceptors (Lipinski definition) is 6. The molecule has 0 fully saturated rings. The first-order chi connectivity index (χ1) is 17.6. The van der Waals surface area contributed by atoms with E-state index in [1.165, 1.54) is 11.8 Å². The Morgan fingerprint density at radius 3 is 2.61 bits per heavy atom. The molecule has 5 rings (SSSR count). The number of nitrogens with one attached hydrogen (secondary N) is 1. The van der Waals surface area contributed by atoms with Crippen LogP contribution < -0.4 is 5.43 Å². The summed E-state index contributed by atoms with van der Waals surface area (Å²) in [5, 5.41) is 15.9. The molecule has 0 aliphatic heterocycles. The quantitative estimate of drug-likeness (QED) is 0.154. The number of carbonyl (C=O) groups excluding carboxylic acids is 1. The van der Waals surface area contributed by atoms with E-state index in [0.29, 0.717) is 11.0 Å². The maximum Gasteiger partial charge on any atom is 0.250 e. The molecule has 0 unspecified atom stereocenters. The maximum absolute atomic E-state index is 12.7. The Bertz CT molecular complexity index is 1540. The summed E-state index contributed by atoms with van der Waals surface area (Å²) in [5.41, 5.74) is 6.11. The second-order valence-corrected chi connectivity index (χ2v) is 9.77. The number of hydrogen-bond donors (Lipinski definition) is 1. The molecule has 7 nitrogen and oxygen atoms in total. The van der Waals surface area contributed by atoms with E-state index in [1.54, 1.807) is 12.4 Å². The van der Waals surface area contributed by atoms with Gasteiger partial charge in [-0.05, 0) is 54.1 Å². The fraction of sp³-hybridized carbons (Fsp3) is 0.0741. The van der Waals surface area contributed by atoms with Crippen LogP contribution in [0.5, 0.6) is 0 Å². The summed E-state index contributed by atoms with van der Waals surface area (Å²) in [4.78, 5) is 16.9. The van der Waals surface area contributed by atoms with Crippen molar-refractivity contribution in [3.05, 3.63) is 101 Å². The standard InChI is InChI=1S/C27H21BrN6OS/c1-18(23-10-4-7-19-6-2-3-9-24(19)23)30-31-25(35)17-36-27-33-32-26(20-8-5-15-29-16-20)34(27)22-13-11-21(28)12-14-22/h2-16H,17H2,1H3,(H,31,35). The molecule has 2 aromatic heterocycles. The number of nitrogens with zero attached hydrogens (tertiary/aromatic N) is 5. The van der Waals surface area contributed by atoms with Crippen LogP contribution in [0.25, 0.3) is 27.8 Å². The average molecular weight is 557 g/mol. The lowest BCUT2D eigenvalue weighted by molar-refractivity contribution is -0.118. The predicted molar refractivity (Wildman–Crippen MR) is 147 cm³/mol. The monoisotopic (exact) mass is 556 g/mol. The van der Waals surface area contributed by atoms with Gasteiger partial charge in [0.1, 0.15) is 0 Å². The molecule has 1 N–H and O–H groups in total. The molecule has 9 heteroatoms. The lowest BCUT2D eigenvalue weighted by Gasteiger charge is -2.10. The van der Waals surface area contributed by atoms with Crippen molar-refractivity contribution in [2.75, 3.05) is 5.75 Å². The van der Waals surface area contributed by atoms with E-state index in [9.17, 15) is 4.79 Å². The molecule has 0 bridgehead atoms. The highest BCUT2D eigenvalue weighted by atomic mass is 79.9. The first-order valence-electron chi connectivity index (χ1n) is 11.2. The molecule has 0 saturated heterocycles. The van der Waals surface area contributed by atoms with Gasteiger partial charge in [-0.15, -0.1) is 10.2 Å². The molecule has 36 heavy (non-hydrogen) atoms. The van der Waals surface area contributed by atoms with Crippen molar-refractivity contribution in [2.45, 2.75) is 12.1 Å². The number of thioether (sulfide) groups is 1. The molecule has 178 valence electrons. The molecule has 0 radical (unpaired) electrons. The molecule has 0 saturated carbocycles. The summed E-state index contributed by atoms with van der Waals surface area (Å²) < 4.78 is 2.89. The Balaban J connectivity index is 1.34. The van der Waals surface area contributed by atoms with Crippen LogP contribution >= 0.6 is 27.7 Å². The Morgan fingerprint density at radius 1 is 1.00 bits per heavy atom. The normalized spacial score (nSPS) is 11.6. The van der Waals surface area contributed by atoms with E-state index >= 15 is 0 Å². The van der Waals surface area contributed by atoms with Crippen molar-refractivity contribution in [2.24, 2.45) is 5.10 Å². The number of amides is 1. The highest BCUT2D eigenvalue weighted by Crippen LogP contribution is 2.28. The van der Waals surface area contributed by atoms with Gasteiger partial charge in [0.2, 0.25) is 0 Å². The summed E-state index contributed by atoms with van der Waals surface area (Å²) in [6.07, 6.45) is 3.45. The van der Waals surface area contributed by atoms with Gasteiger partial charge in [0.25, 0.3) is 5.91 Å². The van der Waals surface area contributed by atoms with Crippen LogP contribution in [-0.4, -0.2) is 37.1 Å². The van der Waals surface area contributed by atoms with Gasteiger partial charge in [0.15, 0.2) is 11.0 Å². The molecule has 2 heterocycles. The molecular weight excluding hydrogens is 536 g/mol. The van der Waals surface area contributed by atoms with Crippen LogP contribution in [0.4, 0.5) is 0 Å². The van der Waals surface area contributed by atoms with Crippen molar-refractivity contribution in [1.29, 1.82) is 0 Å². The second-order valence-electron chi connectivity index (χ2n) is 7.91. The van der Waals surface area contributed by atoms with Gasteiger partial charge in [0, 0.05) is 33.7 Å². The van der Waals surface area contributed by atoms with Crippen molar-refractivity contribution in [3.63, 3.8) is 0 Å². The fourth-order valence-corrected chi connectivity index (χ4v) is 4.79. The molecule has 0 spiro atoms. The minimum absolute atomic E-state index is 0.133. The molecule has 5 aromatic rings. The van der Waals surface area contributed by atoms with Crippen LogP contribution in [0.3, 0.4) is 0 Å². The van der Waals surface area contributed by atoms with Crippen LogP contribution in [0.1, 0.15) is 12.5 Å². The second kappa shape index (κ2) is 10.8. The summed E-state index contributed by atoms with van der Waals surface area (Å²) in [6.45, 7) is 1.89. The van der Waals surface area contributed by atoms with Crippen molar-refractivity contribution in [1.82, 2.24) is 25.2 Å². The van der Waals surface area contributed by atoms with Crippen LogP contribution in [0.2, 0.25) is 0 Å². The molecule has 0 aliphatic rings. The van der Waals surface area contributed by atoms with Gasteiger partial charge in [-0.1, -0.05) is 70.2 Å². The first kappa shape index (κ1) is 23.9. The van der Waals surface area contributed by atoms with Gasteiger partial charge >= 0.3 is 0 Å². The molecule has 1 amide bonds. The largest absolute Gasteiger partial charge is 0.272 e. The number of aromatic nitrogens is 4. The predicted octanol–water partition coefficient (Wildman–Crippen LogP) is 5.88. The Hall–Kier alpha value is -3.82. The number of pyridine rings is 1. The minimum Gasteiger partial charge on any atom is -0.272 e. The average Bonchev–Trinajstić information content (AvgIpc) is 3.35. The van der Waals surface area contributed by atoms with Crippen LogP contribution in [-0.2, 0) is 4.79 Å². The van der Waals surface area contributed by atoms with Gasteiger partial charge in [-0.3, -0.25) is 14.3 Å². The summed E-state index contributed by atoms with van der Waals surface area (Å²) in [7, 11) is 0. The molecule has 0 aliphatic carbocycles. The third kappa shape index (κ3) is 5.22. The van der Waals surface area contributed by atoms with Gasteiger partial charge in [-0.25, -0.2) is 5.43 Å². The summed E-state index contributed by atoms with van der Waals surface area (Å²) in [6, 6.07) is 25.8. The zero-order chi connectivity index (χ0) is 24.9. The van der Waals surface area contributed by atoms with Gasteiger partial charge < -0.3 is 0 Å². The SMILES string of the molecule is CC(=NNC(=O)CSc1nnc(-c2cccnc2)n1-c1ccc(Br)cc1)c1cccc2ccccc12. The fourth-order valence-electron chi connectivity index (χ4n) is 3.78. The highest BCUT2D eigenvalue weighted by Gasteiger charge is 2.17. The third-order valence-electron chi connectivity index (χ3n) is 5.50. The molecule has 3 aromatic carbocycles. The summed E-state index contributed by atoms with van der Waals surface area (Å²) in [5.74, 6) is 0.555. The lowest BCUT2D eigenvalue weighted by atomic mass is 10.0. The third-order valence-corrected chi connectivity index (χ3v) is 6.96. The van der Waals surface area contributed by atoms with E-state index in [0.717, 1.165) is 37.8 Å². The Kier molecular flexibility index (Phi) is 7.20. The van der Waals surface area contributed by atoms with E-state index < -0.39 is 0 Å². The van der Waals surface area contributed by atoms with E-state index in [1.807, 2.05) is 72.2 Å². The molecular formula is C27H21BrN6OS. The first-order valence-corrected chi connectivity index (χ1v) is 12.9. The number of rotatable bonds is 7.